The molecular weight excluding hydrogens is 349 g/mol. The Morgan fingerprint density at radius 1 is 0.923 bits per heavy atom. The number of hydrogen-bond acceptors (Lipinski definition) is 4. The molecular formula is C21H22FNO2S. The zero-order valence-electron chi connectivity index (χ0n) is 14.7. The van der Waals surface area contributed by atoms with Gasteiger partial charge < -0.3 is 14.8 Å². The van der Waals surface area contributed by atoms with Gasteiger partial charge in [-0.15, -0.1) is 11.3 Å². The molecule has 0 fully saturated rings. The lowest BCUT2D eigenvalue weighted by Crippen LogP contribution is -2.13. The maximum atomic E-state index is 13.9. The highest BCUT2D eigenvalue weighted by atomic mass is 32.1. The molecule has 5 heteroatoms. The van der Waals surface area contributed by atoms with Crippen molar-refractivity contribution in [3.63, 3.8) is 0 Å². The Bertz CT molecular complexity index is 821. The lowest BCUT2D eigenvalue weighted by atomic mass is 10.1. The van der Waals surface area contributed by atoms with Crippen LogP contribution in [0.4, 0.5) is 4.39 Å². The number of thiophene rings is 1. The van der Waals surface area contributed by atoms with E-state index in [9.17, 15) is 4.39 Å². The molecule has 1 heterocycles. The third-order valence-electron chi connectivity index (χ3n) is 3.88. The molecule has 0 amide bonds. The smallest absolute Gasteiger partial charge is 0.166 e. The van der Waals surface area contributed by atoms with E-state index in [2.05, 4.69) is 16.8 Å². The van der Waals surface area contributed by atoms with Crippen LogP contribution in [0.25, 0.3) is 0 Å². The van der Waals surface area contributed by atoms with Gasteiger partial charge in [-0.25, -0.2) is 4.39 Å². The first kappa shape index (κ1) is 18.4. The maximum absolute atomic E-state index is 13.9. The third-order valence-corrected chi connectivity index (χ3v) is 4.76. The Morgan fingerprint density at radius 2 is 1.77 bits per heavy atom. The zero-order valence-corrected chi connectivity index (χ0v) is 15.5. The quantitative estimate of drug-likeness (QED) is 0.564. The Labute approximate surface area is 157 Å². The van der Waals surface area contributed by atoms with Crippen molar-refractivity contribution in [3.05, 3.63) is 81.8 Å². The van der Waals surface area contributed by atoms with Crippen LogP contribution in [0.15, 0.2) is 60.0 Å². The van der Waals surface area contributed by atoms with Crippen LogP contribution in [0.2, 0.25) is 0 Å². The average Bonchev–Trinajstić information content (AvgIpc) is 3.16. The van der Waals surface area contributed by atoms with Gasteiger partial charge in [0.25, 0.3) is 0 Å². The van der Waals surface area contributed by atoms with E-state index < -0.39 is 0 Å². The summed E-state index contributed by atoms with van der Waals surface area (Å²) in [6.07, 6.45) is 0. The molecule has 0 saturated carbocycles. The number of benzene rings is 2. The minimum Gasteiger partial charge on any atom is -0.490 e. The molecule has 3 nitrogen and oxygen atoms in total. The van der Waals surface area contributed by atoms with Crippen molar-refractivity contribution in [2.75, 3.05) is 6.61 Å². The van der Waals surface area contributed by atoms with Crippen molar-refractivity contribution < 1.29 is 13.9 Å². The van der Waals surface area contributed by atoms with Crippen LogP contribution in [0.5, 0.6) is 11.5 Å². The molecule has 0 unspecified atom stereocenters. The molecule has 0 spiro atoms. The van der Waals surface area contributed by atoms with Crippen molar-refractivity contribution >= 4 is 11.3 Å². The molecule has 0 aliphatic heterocycles. The molecule has 0 bridgehead atoms. The molecule has 0 aliphatic carbocycles. The second-order valence-electron chi connectivity index (χ2n) is 5.74. The fourth-order valence-electron chi connectivity index (χ4n) is 2.63. The number of hydrogen-bond donors (Lipinski definition) is 1. The highest BCUT2D eigenvalue weighted by Crippen LogP contribution is 2.32. The van der Waals surface area contributed by atoms with E-state index in [1.165, 1.54) is 10.9 Å². The Hall–Kier alpha value is -2.37. The fraction of sp³-hybridized carbons (Fsp3) is 0.238. The predicted molar refractivity (Wildman–Crippen MR) is 103 cm³/mol. The Balaban J connectivity index is 1.73. The lowest BCUT2D eigenvalue weighted by molar-refractivity contribution is 0.262. The SMILES string of the molecule is CCOc1cccc(CNCc2cccs2)c1OCc1ccccc1F. The predicted octanol–water partition coefficient (Wildman–Crippen LogP) is 5.15. The molecule has 136 valence electrons. The third kappa shape index (κ3) is 4.84. The standard InChI is InChI=1S/C21H22FNO2S/c1-2-24-20-11-5-8-16(13-23-14-18-9-6-12-26-18)21(20)25-15-17-7-3-4-10-19(17)22/h3-12,23H,2,13-15H2,1H3. The maximum Gasteiger partial charge on any atom is 0.166 e. The summed E-state index contributed by atoms with van der Waals surface area (Å²) in [6.45, 7) is 4.08. The van der Waals surface area contributed by atoms with Crippen molar-refractivity contribution in [2.24, 2.45) is 0 Å². The van der Waals surface area contributed by atoms with Gasteiger partial charge >= 0.3 is 0 Å². The summed E-state index contributed by atoms with van der Waals surface area (Å²) in [5, 5.41) is 5.49. The molecule has 0 radical (unpaired) electrons. The fourth-order valence-corrected chi connectivity index (χ4v) is 3.31. The molecule has 1 N–H and O–H groups in total. The molecule has 2 aromatic carbocycles. The van der Waals surface area contributed by atoms with E-state index in [0.717, 1.165) is 12.1 Å². The Morgan fingerprint density at radius 3 is 2.54 bits per heavy atom. The number of rotatable bonds is 9. The van der Waals surface area contributed by atoms with E-state index in [-0.39, 0.29) is 12.4 Å². The minimum absolute atomic E-state index is 0.161. The van der Waals surface area contributed by atoms with Crippen LogP contribution in [-0.4, -0.2) is 6.61 Å². The summed E-state index contributed by atoms with van der Waals surface area (Å²) in [5.74, 6) is 1.08. The number of halogens is 1. The van der Waals surface area contributed by atoms with Crippen molar-refractivity contribution in [1.82, 2.24) is 5.32 Å². The summed E-state index contributed by atoms with van der Waals surface area (Å²) < 4.78 is 25.6. The highest BCUT2D eigenvalue weighted by Gasteiger charge is 2.12. The molecule has 0 atom stereocenters. The van der Waals surface area contributed by atoms with E-state index in [1.54, 1.807) is 29.5 Å². The van der Waals surface area contributed by atoms with Gasteiger partial charge in [0.05, 0.1) is 6.61 Å². The van der Waals surface area contributed by atoms with Crippen molar-refractivity contribution in [3.8, 4) is 11.5 Å². The second-order valence-corrected chi connectivity index (χ2v) is 6.77. The largest absolute Gasteiger partial charge is 0.490 e. The first-order valence-electron chi connectivity index (χ1n) is 8.62. The molecule has 26 heavy (non-hydrogen) atoms. The first-order chi connectivity index (χ1) is 12.8. The highest BCUT2D eigenvalue weighted by molar-refractivity contribution is 7.09. The van der Waals surface area contributed by atoms with Crippen LogP contribution in [-0.2, 0) is 19.7 Å². The van der Waals surface area contributed by atoms with Crippen LogP contribution in [0.1, 0.15) is 22.9 Å². The Kier molecular flexibility index (Phi) is 6.63. The van der Waals surface area contributed by atoms with Crippen LogP contribution < -0.4 is 14.8 Å². The average molecular weight is 371 g/mol. The zero-order chi connectivity index (χ0) is 18.2. The van der Waals surface area contributed by atoms with Crippen LogP contribution >= 0.6 is 11.3 Å². The van der Waals surface area contributed by atoms with Gasteiger partial charge in [0.2, 0.25) is 0 Å². The number of ether oxygens (including phenoxy) is 2. The van der Waals surface area contributed by atoms with Crippen LogP contribution in [0.3, 0.4) is 0 Å². The normalized spacial score (nSPS) is 10.7. The molecule has 0 aliphatic rings. The van der Waals surface area contributed by atoms with Gasteiger partial charge in [0.15, 0.2) is 11.5 Å². The molecule has 3 aromatic rings. The van der Waals surface area contributed by atoms with Gasteiger partial charge in [-0.2, -0.15) is 0 Å². The number of nitrogens with one attached hydrogen (secondary N) is 1. The summed E-state index contributed by atoms with van der Waals surface area (Å²) in [6, 6.07) is 16.6. The molecule has 3 rings (SSSR count). The van der Waals surface area contributed by atoms with Gasteiger partial charge in [-0.05, 0) is 30.5 Å². The second kappa shape index (κ2) is 9.36. The topological polar surface area (TPSA) is 30.5 Å². The molecule has 0 saturated heterocycles. The van der Waals surface area contributed by atoms with Gasteiger partial charge in [-0.1, -0.05) is 36.4 Å². The van der Waals surface area contributed by atoms with Gasteiger partial charge in [0.1, 0.15) is 12.4 Å². The van der Waals surface area contributed by atoms with Gasteiger partial charge in [0, 0.05) is 29.1 Å². The van der Waals surface area contributed by atoms with Crippen LogP contribution in [0, 0.1) is 5.82 Å². The molecule has 1 aromatic heterocycles. The van der Waals surface area contributed by atoms with Gasteiger partial charge in [-0.3, -0.25) is 0 Å². The van der Waals surface area contributed by atoms with E-state index in [4.69, 9.17) is 9.47 Å². The van der Waals surface area contributed by atoms with E-state index in [0.29, 0.717) is 30.2 Å². The summed E-state index contributed by atoms with van der Waals surface area (Å²) in [7, 11) is 0. The van der Waals surface area contributed by atoms with Crippen molar-refractivity contribution in [1.29, 1.82) is 0 Å². The number of para-hydroxylation sites is 1. The summed E-state index contributed by atoms with van der Waals surface area (Å²) in [4.78, 5) is 1.28. The summed E-state index contributed by atoms with van der Waals surface area (Å²) >= 11 is 1.72. The van der Waals surface area contributed by atoms with E-state index >= 15 is 0 Å². The van der Waals surface area contributed by atoms with Crippen molar-refractivity contribution in [2.45, 2.75) is 26.6 Å². The van der Waals surface area contributed by atoms with E-state index in [1.807, 2.05) is 31.2 Å². The summed E-state index contributed by atoms with van der Waals surface area (Å²) in [5.41, 5.74) is 1.51. The monoisotopic (exact) mass is 371 g/mol. The lowest BCUT2D eigenvalue weighted by Gasteiger charge is -2.16. The first-order valence-corrected chi connectivity index (χ1v) is 9.50. The minimum atomic E-state index is -0.265.